The summed E-state index contributed by atoms with van der Waals surface area (Å²) >= 11 is 18.0. The highest BCUT2D eigenvalue weighted by molar-refractivity contribution is 6.35. The van der Waals surface area contributed by atoms with Crippen LogP contribution in [0.3, 0.4) is 0 Å². The number of benzene rings is 2. The lowest BCUT2D eigenvalue weighted by molar-refractivity contribution is 0.678. The van der Waals surface area contributed by atoms with Gasteiger partial charge < -0.3 is 5.32 Å². The van der Waals surface area contributed by atoms with Crippen molar-refractivity contribution in [1.82, 2.24) is 0 Å². The van der Waals surface area contributed by atoms with Crippen molar-refractivity contribution in [2.45, 2.75) is 25.8 Å². The first-order valence-electron chi connectivity index (χ1n) is 6.56. The molecule has 20 heavy (non-hydrogen) atoms. The van der Waals surface area contributed by atoms with Gasteiger partial charge in [-0.25, -0.2) is 0 Å². The van der Waals surface area contributed by atoms with E-state index in [2.05, 4.69) is 12.2 Å². The molecule has 0 fully saturated rings. The summed E-state index contributed by atoms with van der Waals surface area (Å²) in [6.45, 7) is 2.16. The highest BCUT2D eigenvalue weighted by atomic mass is 35.5. The molecule has 0 spiro atoms. The van der Waals surface area contributed by atoms with Crippen LogP contribution >= 0.6 is 34.8 Å². The number of anilines is 1. The van der Waals surface area contributed by atoms with Gasteiger partial charge in [-0.2, -0.15) is 0 Å². The first-order chi connectivity index (χ1) is 9.58. The molecule has 0 aliphatic rings. The number of halogens is 3. The van der Waals surface area contributed by atoms with E-state index in [9.17, 15) is 0 Å². The Labute approximate surface area is 134 Å². The zero-order valence-electron chi connectivity index (χ0n) is 11.2. The van der Waals surface area contributed by atoms with Gasteiger partial charge in [0.25, 0.3) is 0 Å². The van der Waals surface area contributed by atoms with Crippen LogP contribution in [0.4, 0.5) is 5.69 Å². The highest BCUT2D eigenvalue weighted by Crippen LogP contribution is 2.28. The third-order valence-corrected chi connectivity index (χ3v) is 3.74. The summed E-state index contributed by atoms with van der Waals surface area (Å²) < 4.78 is 0. The number of nitrogens with one attached hydrogen (secondary N) is 1. The maximum absolute atomic E-state index is 6.04. The first-order valence-corrected chi connectivity index (χ1v) is 7.70. The van der Waals surface area contributed by atoms with Gasteiger partial charge in [0.15, 0.2) is 0 Å². The van der Waals surface area contributed by atoms with Gasteiger partial charge in [-0.05, 0) is 42.3 Å². The van der Waals surface area contributed by atoms with E-state index in [0.717, 1.165) is 23.6 Å². The molecule has 0 bridgehead atoms. The van der Waals surface area contributed by atoms with Crippen LogP contribution in [0.5, 0.6) is 0 Å². The van der Waals surface area contributed by atoms with E-state index >= 15 is 0 Å². The molecule has 4 heteroatoms. The van der Waals surface area contributed by atoms with Crippen LogP contribution in [0.1, 0.15) is 31.4 Å². The summed E-state index contributed by atoms with van der Waals surface area (Å²) in [5, 5.41) is 5.49. The minimum atomic E-state index is 0.215. The van der Waals surface area contributed by atoms with Gasteiger partial charge in [-0.15, -0.1) is 0 Å². The quantitative estimate of drug-likeness (QED) is 0.652. The highest BCUT2D eigenvalue weighted by Gasteiger charge is 2.11. The second-order valence-electron chi connectivity index (χ2n) is 4.70. The zero-order valence-corrected chi connectivity index (χ0v) is 13.4. The molecule has 0 saturated carbocycles. The Morgan fingerprint density at radius 1 is 0.900 bits per heavy atom. The Balaban J connectivity index is 2.22. The van der Waals surface area contributed by atoms with Crippen LogP contribution in [-0.2, 0) is 0 Å². The fourth-order valence-electron chi connectivity index (χ4n) is 2.14. The van der Waals surface area contributed by atoms with Crippen LogP contribution in [0.15, 0.2) is 42.5 Å². The van der Waals surface area contributed by atoms with Crippen LogP contribution < -0.4 is 5.32 Å². The Hall–Kier alpha value is -0.890. The maximum Gasteiger partial charge on any atom is 0.0513 e. The van der Waals surface area contributed by atoms with E-state index in [1.807, 2.05) is 36.4 Å². The average Bonchev–Trinajstić information content (AvgIpc) is 2.38. The molecule has 1 nitrogen and oxygen atoms in total. The lowest BCUT2D eigenvalue weighted by atomic mass is 10.0. The van der Waals surface area contributed by atoms with Crippen molar-refractivity contribution >= 4 is 40.5 Å². The zero-order chi connectivity index (χ0) is 14.5. The molecule has 0 aliphatic heterocycles. The van der Waals surface area contributed by atoms with Crippen molar-refractivity contribution in [3.63, 3.8) is 0 Å². The molecule has 0 radical (unpaired) electrons. The largest absolute Gasteiger partial charge is 0.378 e. The van der Waals surface area contributed by atoms with Crippen molar-refractivity contribution in [2.75, 3.05) is 5.32 Å². The van der Waals surface area contributed by atoms with Gasteiger partial charge >= 0.3 is 0 Å². The lowest BCUT2D eigenvalue weighted by Gasteiger charge is -2.20. The molecule has 2 aromatic carbocycles. The van der Waals surface area contributed by atoms with Crippen molar-refractivity contribution in [3.05, 3.63) is 63.1 Å². The van der Waals surface area contributed by atoms with Gasteiger partial charge in [0, 0.05) is 20.8 Å². The predicted octanol–water partition coefficient (Wildman–Crippen LogP) is 6.60. The van der Waals surface area contributed by atoms with E-state index < -0.39 is 0 Å². The fraction of sp³-hybridized carbons (Fsp3) is 0.250. The molecule has 1 atom stereocenters. The SMILES string of the molecule is CCCC(Nc1cc(Cl)cc(Cl)c1)c1ccc(Cl)cc1. The minimum absolute atomic E-state index is 0.215. The maximum atomic E-state index is 6.04. The molecular weight excluding hydrogens is 313 g/mol. The minimum Gasteiger partial charge on any atom is -0.378 e. The molecule has 0 aromatic heterocycles. The second kappa shape index (κ2) is 7.21. The average molecular weight is 329 g/mol. The Bertz CT molecular complexity index is 546. The monoisotopic (exact) mass is 327 g/mol. The van der Waals surface area contributed by atoms with E-state index in [-0.39, 0.29) is 6.04 Å². The van der Waals surface area contributed by atoms with Crippen molar-refractivity contribution in [3.8, 4) is 0 Å². The number of rotatable bonds is 5. The molecule has 1 unspecified atom stereocenters. The van der Waals surface area contributed by atoms with Crippen molar-refractivity contribution < 1.29 is 0 Å². The van der Waals surface area contributed by atoms with Crippen LogP contribution in [0.2, 0.25) is 15.1 Å². The summed E-state index contributed by atoms with van der Waals surface area (Å²) in [6, 6.07) is 13.6. The molecule has 0 saturated heterocycles. The summed E-state index contributed by atoms with van der Waals surface area (Å²) in [6.07, 6.45) is 2.10. The van der Waals surface area contributed by atoms with Gasteiger partial charge in [0.2, 0.25) is 0 Å². The van der Waals surface area contributed by atoms with E-state index in [1.165, 1.54) is 5.56 Å². The van der Waals surface area contributed by atoms with Crippen LogP contribution in [0.25, 0.3) is 0 Å². The molecular formula is C16H16Cl3N. The van der Waals surface area contributed by atoms with Gasteiger partial charge in [0.1, 0.15) is 0 Å². The summed E-state index contributed by atoms with van der Waals surface area (Å²) in [4.78, 5) is 0. The predicted molar refractivity (Wildman–Crippen MR) is 89.2 cm³/mol. The van der Waals surface area contributed by atoms with Crippen molar-refractivity contribution in [1.29, 1.82) is 0 Å². The van der Waals surface area contributed by atoms with Gasteiger partial charge in [-0.1, -0.05) is 60.3 Å². The first kappa shape index (κ1) is 15.5. The van der Waals surface area contributed by atoms with Crippen LogP contribution in [-0.4, -0.2) is 0 Å². The molecule has 1 N–H and O–H groups in total. The van der Waals surface area contributed by atoms with Gasteiger partial charge in [-0.3, -0.25) is 0 Å². The van der Waals surface area contributed by atoms with E-state index in [4.69, 9.17) is 34.8 Å². The molecule has 2 rings (SSSR count). The number of hydrogen-bond acceptors (Lipinski definition) is 1. The second-order valence-corrected chi connectivity index (χ2v) is 6.00. The van der Waals surface area contributed by atoms with Gasteiger partial charge in [0.05, 0.1) is 6.04 Å². The Kier molecular flexibility index (Phi) is 5.59. The van der Waals surface area contributed by atoms with Crippen LogP contribution in [0, 0.1) is 0 Å². The fourth-order valence-corrected chi connectivity index (χ4v) is 2.80. The molecule has 0 heterocycles. The van der Waals surface area contributed by atoms with E-state index in [1.54, 1.807) is 6.07 Å². The molecule has 106 valence electrons. The smallest absolute Gasteiger partial charge is 0.0513 e. The normalized spacial score (nSPS) is 12.2. The number of hydrogen-bond donors (Lipinski definition) is 1. The standard InChI is InChI=1S/C16H16Cl3N/c1-2-3-16(11-4-6-12(17)7-5-11)20-15-9-13(18)8-14(19)10-15/h4-10,16,20H,2-3H2,1H3. The summed E-state index contributed by atoms with van der Waals surface area (Å²) in [7, 11) is 0. The van der Waals surface area contributed by atoms with Crippen molar-refractivity contribution in [2.24, 2.45) is 0 Å². The lowest BCUT2D eigenvalue weighted by Crippen LogP contribution is -2.10. The summed E-state index contributed by atoms with van der Waals surface area (Å²) in [5.41, 5.74) is 2.13. The molecule has 2 aromatic rings. The topological polar surface area (TPSA) is 12.0 Å². The summed E-state index contributed by atoms with van der Waals surface area (Å²) in [5.74, 6) is 0. The Morgan fingerprint density at radius 2 is 1.50 bits per heavy atom. The Morgan fingerprint density at radius 3 is 2.05 bits per heavy atom. The third-order valence-electron chi connectivity index (χ3n) is 3.05. The molecule has 0 aliphatic carbocycles. The molecule has 0 amide bonds. The third kappa shape index (κ3) is 4.31. The van der Waals surface area contributed by atoms with E-state index in [0.29, 0.717) is 10.0 Å².